The number of hydrogen-bond donors (Lipinski definition) is 1. The van der Waals surface area contributed by atoms with E-state index in [2.05, 4.69) is 0 Å². The van der Waals surface area contributed by atoms with Crippen molar-refractivity contribution < 1.29 is 18.3 Å². The van der Waals surface area contributed by atoms with Crippen molar-refractivity contribution in [2.24, 2.45) is 0 Å². The predicted octanol–water partition coefficient (Wildman–Crippen LogP) is 3.41. The average molecular weight is 354 g/mol. The number of benzene rings is 2. The van der Waals surface area contributed by atoms with E-state index in [0.29, 0.717) is 24.4 Å². The van der Waals surface area contributed by atoms with Crippen molar-refractivity contribution >= 4 is 38.3 Å². The monoisotopic (exact) mass is 353 g/mol. The first-order valence-corrected chi connectivity index (χ1v) is 9.31. The molecule has 1 aliphatic heterocycles. The average Bonchev–Trinajstić information content (AvgIpc) is 2.94. The van der Waals surface area contributed by atoms with Gasteiger partial charge in [-0.15, -0.1) is 0 Å². The van der Waals surface area contributed by atoms with Gasteiger partial charge in [-0.3, -0.25) is 0 Å². The maximum atomic E-state index is 12.6. The normalized spacial score (nSPS) is 18.5. The first-order valence-electron chi connectivity index (χ1n) is 7.28. The summed E-state index contributed by atoms with van der Waals surface area (Å²) in [5, 5.41) is 11.4. The standard InChI is InChI=1S/C16H16ClNO4S/c17-13-5-3-12-9-15(6-4-11(12)8-13)23(21,22)10-14-2-1-7-18(14)16(19)20/h3-6,8-9,14H,1-2,7,10H2,(H,19,20). The van der Waals surface area contributed by atoms with Crippen LogP contribution in [0.15, 0.2) is 41.3 Å². The van der Waals surface area contributed by atoms with Gasteiger partial charge in [-0.1, -0.05) is 23.7 Å². The summed E-state index contributed by atoms with van der Waals surface area (Å²) in [4.78, 5) is 12.6. The Balaban J connectivity index is 1.90. The molecule has 1 amide bonds. The van der Waals surface area contributed by atoms with Crippen LogP contribution < -0.4 is 0 Å². The smallest absolute Gasteiger partial charge is 0.407 e. The Hall–Kier alpha value is -1.79. The fourth-order valence-corrected chi connectivity index (χ4v) is 4.81. The summed E-state index contributed by atoms with van der Waals surface area (Å²) in [5.41, 5.74) is 0. The van der Waals surface area contributed by atoms with Gasteiger partial charge in [0.15, 0.2) is 9.84 Å². The van der Waals surface area contributed by atoms with Crippen molar-refractivity contribution in [3.05, 3.63) is 41.4 Å². The lowest BCUT2D eigenvalue weighted by molar-refractivity contribution is 0.144. The molecule has 5 nitrogen and oxygen atoms in total. The minimum atomic E-state index is -3.55. The van der Waals surface area contributed by atoms with Gasteiger partial charge in [0.25, 0.3) is 0 Å². The molecule has 1 unspecified atom stereocenters. The SMILES string of the molecule is O=C(O)N1CCCC1CS(=O)(=O)c1ccc2cc(Cl)ccc2c1. The second-order valence-electron chi connectivity index (χ2n) is 5.71. The number of carboxylic acid groups (broad SMARTS) is 1. The molecule has 0 radical (unpaired) electrons. The number of sulfone groups is 1. The van der Waals surface area contributed by atoms with Crippen molar-refractivity contribution in [2.45, 2.75) is 23.8 Å². The summed E-state index contributed by atoms with van der Waals surface area (Å²) < 4.78 is 25.2. The van der Waals surface area contributed by atoms with Gasteiger partial charge in [0, 0.05) is 17.6 Å². The van der Waals surface area contributed by atoms with Gasteiger partial charge in [0.1, 0.15) is 0 Å². The Bertz CT molecular complexity index is 866. The van der Waals surface area contributed by atoms with Crippen molar-refractivity contribution in [3.8, 4) is 0 Å². The van der Waals surface area contributed by atoms with Crippen molar-refractivity contribution in [1.82, 2.24) is 4.90 Å². The lowest BCUT2D eigenvalue weighted by Crippen LogP contribution is -2.38. The van der Waals surface area contributed by atoms with Gasteiger partial charge in [-0.05, 0) is 47.9 Å². The van der Waals surface area contributed by atoms with Crippen molar-refractivity contribution in [3.63, 3.8) is 0 Å². The van der Waals surface area contributed by atoms with E-state index in [1.54, 1.807) is 36.4 Å². The zero-order valence-electron chi connectivity index (χ0n) is 12.3. The third-order valence-electron chi connectivity index (χ3n) is 4.17. The van der Waals surface area contributed by atoms with Crippen LogP contribution in [0.1, 0.15) is 12.8 Å². The molecule has 3 rings (SSSR count). The highest BCUT2D eigenvalue weighted by Crippen LogP contribution is 2.26. The van der Waals surface area contributed by atoms with E-state index in [-0.39, 0.29) is 10.6 Å². The van der Waals surface area contributed by atoms with E-state index < -0.39 is 22.0 Å². The first-order chi connectivity index (χ1) is 10.9. The molecule has 0 bridgehead atoms. The van der Waals surface area contributed by atoms with Crippen LogP contribution in [0.3, 0.4) is 0 Å². The topological polar surface area (TPSA) is 74.7 Å². The summed E-state index contributed by atoms with van der Waals surface area (Å²) >= 11 is 5.93. The molecular weight excluding hydrogens is 338 g/mol. The van der Waals surface area contributed by atoms with Crippen LogP contribution in [0, 0.1) is 0 Å². The number of fused-ring (bicyclic) bond motifs is 1. The first kappa shape index (κ1) is 16.1. The molecular formula is C16H16ClNO4S. The summed E-state index contributed by atoms with van der Waals surface area (Å²) in [6.45, 7) is 0.395. The van der Waals surface area contributed by atoms with Gasteiger partial charge in [-0.2, -0.15) is 0 Å². The van der Waals surface area contributed by atoms with Crippen LogP contribution in [-0.2, 0) is 9.84 Å². The van der Waals surface area contributed by atoms with Gasteiger partial charge in [0.05, 0.1) is 10.6 Å². The second-order valence-corrected chi connectivity index (χ2v) is 8.18. The van der Waals surface area contributed by atoms with Gasteiger partial charge in [-0.25, -0.2) is 13.2 Å². The number of nitrogens with zero attached hydrogens (tertiary/aromatic N) is 1. The van der Waals surface area contributed by atoms with Crippen LogP contribution in [0.4, 0.5) is 4.79 Å². The van der Waals surface area contributed by atoms with E-state index in [1.807, 2.05) is 0 Å². The molecule has 122 valence electrons. The van der Waals surface area contributed by atoms with E-state index in [1.165, 1.54) is 4.90 Å². The minimum Gasteiger partial charge on any atom is -0.465 e. The Labute approximate surface area is 139 Å². The Morgan fingerprint density at radius 2 is 1.91 bits per heavy atom. The number of rotatable bonds is 3. The molecule has 1 heterocycles. The predicted molar refractivity (Wildman–Crippen MR) is 88.8 cm³/mol. The highest BCUT2D eigenvalue weighted by Gasteiger charge is 2.32. The third kappa shape index (κ3) is 3.28. The second kappa shape index (κ2) is 6.02. The highest BCUT2D eigenvalue weighted by atomic mass is 35.5. The zero-order chi connectivity index (χ0) is 16.6. The molecule has 1 aliphatic rings. The Morgan fingerprint density at radius 1 is 1.22 bits per heavy atom. The number of carbonyl (C=O) groups is 1. The largest absolute Gasteiger partial charge is 0.465 e. The van der Waals surface area contributed by atoms with Crippen LogP contribution in [-0.4, -0.2) is 42.9 Å². The molecule has 7 heteroatoms. The van der Waals surface area contributed by atoms with E-state index in [9.17, 15) is 13.2 Å². The molecule has 0 saturated carbocycles. The molecule has 2 aromatic rings. The fraction of sp³-hybridized carbons (Fsp3) is 0.312. The van der Waals surface area contributed by atoms with Crippen molar-refractivity contribution in [1.29, 1.82) is 0 Å². The molecule has 1 atom stereocenters. The molecule has 1 fully saturated rings. The quantitative estimate of drug-likeness (QED) is 0.917. The summed E-state index contributed by atoms with van der Waals surface area (Å²) in [6.07, 6.45) is 0.216. The fourth-order valence-electron chi connectivity index (χ4n) is 3.00. The maximum Gasteiger partial charge on any atom is 0.407 e. The molecule has 23 heavy (non-hydrogen) atoms. The summed E-state index contributed by atoms with van der Waals surface area (Å²) in [5.74, 6) is -0.182. The van der Waals surface area contributed by atoms with E-state index in [0.717, 1.165) is 10.8 Å². The van der Waals surface area contributed by atoms with E-state index >= 15 is 0 Å². The van der Waals surface area contributed by atoms with E-state index in [4.69, 9.17) is 16.7 Å². The van der Waals surface area contributed by atoms with Gasteiger partial charge in [0.2, 0.25) is 0 Å². The Kier molecular flexibility index (Phi) is 4.21. The minimum absolute atomic E-state index is 0.182. The van der Waals surface area contributed by atoms with Gasteiger partial charge >= 0.3 is 6.09 Å². The zero-order valence-corrected chi connectivity index (χ0v) is 13.8. The molecule has 0 spiro atoms. The van der Waals surface area contributed by atoms with Crippen LogP contribution in [0.2, 0.25) is 5.02 Å². The van der Waals surface area contributed by atoms with Gasteiger partial charge < -0.3 is 10.0 Å². The molecule has 1 N–H and O–H groups in total. The molecule has 2 aromatic carbocycles. The number of halogens is 1. The maximum absolute atomic E-state index is 12.6. The highest BCUT2D eigenvalue weighted by molar-refractivity contribution is 7.91. The Morgan fingerprint density at radius 3 is 2.65 bits per heavy atom. The van der Waals surface area contributed by atoms with Crippen molar-refractivity contribution in [2.75, 3.05) is 12.3 Å². The molecule has 1 saturated heterocycles. The number of likely N-dealkylation sites (tertiary alicyclic amines) is 1. The third-order valence-corrected chi connectivity index (χ3v) is 6.20. The number of amides is 1. The molecule has 0 aromatic heterocycles. The summed E-state index contributed by atoms with van der Waals surface area (Å²) in [7, 11) is -3.55. The van der Waals surface area contributed by atoms with Crippen LogP contribution >= 0.6 is 11.6 Å². The van der Waals surface area contributed by atoms with Crippen LogP contribution in [0.25, 0.3) is 10.8 Å². The summed E-state index contributed by atoms with van der Waals surface area (Å²) in [6, 6.07) is 9.67. The lowest BCUT2D eigenvalue weighted by atomic mass is 10.1. The van der Waals surface area contributed by atoms with Crippen LogP contribution in [0.5, 0.6) is 0 Å². The lowest BCUT2D eigenvalue weighted by Gasteiger charge is -2.21. The molecule has 0 aliphatic carbocycles. The number of hydrogen-bond acceptors (Lipinski definition) is 3.